The smallest absolute Gasteiger partial charge is 0.338 e. The van der Waals surface area contributed by atoms with Crippen LogP contribution in [0.4, 0.5) is 14.5 Å². The summed E-state index contributed by atoms with van der Waals surface area (Å²) < 4.78 is 31.0. The Morgan fingerprint density at radius 2 is 1.97 bits per heavy atom. The molecule has 0 fully saturated rings. The molecule has 6 nitrogen and oxygen atoms in total. The number of anilines is 1. The van der Waals surface area contributed by atoms with E-state index in [9.17, 15) is 18.4 Å². The van der Waals surface area contributed by atoms with Crippen LogP contribution in [0, 0.1) is 5.82 Å². The normalized spacial score (nSPS) is 11.6. The summed E-state index contributed by atoms with van der Waals surface area (Å²) in [6.45, 7) is 0.704. The van der Waals surface area contributed by atoms with Crippen LogP contribution in [-0.2, 0) is 4.74 Å². The van der Waals surface area contributed by atoms with E-state index in [1.807, 2.05) is 0 Å². The lowest BCUT2D eigenvalue weighted by Gasteiger charge is -2.16. The maximum Gasteiger partial charge on any atom is 0.338 e. The molecule has 1 amide bonds. The van der Waals surface area contributed by atoms with Crippen molar-refractivity contribution in [2.75, 3.05) is 18.6 Å². The molecular weight excluding hydrogens is 404 g/mol. The van der Waals surface area contributed by atoms with Crippen LogP contribution in [0.25, 0.3) is 11.1 Å². The number of carbonyl (C=O) groups excluding carboxylic acids is 2. The van der Waals surface area contributed by atoms with E-state index in [4.69, 9.17) is 10.5 Å². The van der Waals surface area contributed by atoms with Crippen LogP contribution in [0.1, 0.15) is 39.2 Å². The molecule has 160 valence electrons. The Balaban J connectivity index is 1.97. The number of nitrogens with two attached hydrogens (primary N) is 1. The molecule has 31 heavy (non-hydrogen) atoms. The van der Waals surface area contributed by atoms with Crippen LogP contribution in [-0.4, -0.2) is 30.1 Å². The average molecular weight is 425 g/mol. The summed E-state index contributed by atoms with van der Waals surface area (Å²) in [5.74, 6) is -1.81. The van der Waals surface area contributed by atoms with Gasteiger partial charge in [-0.2, -0.15) is 0 Å². The lowest BCUT2D eigenvalue weighted by atomic mass is 9.92. The van der Waals surface area contributed by atoms with Gasteiger partial charge in [-0.15, -0.1) is 0 Å². The molecule has 0 radical (unpaired) electrons. The summed E-state index contributed by atoms with van der Waals surface area (Å²) in [5.41, 5.74) is 8.65. The lowest BCUT2D eigenvalue weighted by Crippen LogP contribution is -2.14. The highest BCUT2D eigenvalue weighted by molar-refractivity contribution is 6.05. The molecule has 1 heterocycles. The number of hydrogen-bond donors (Lipinski definition) is 2. The number of pyridine rings is 1. The van der Waals surface area contributed by atoms with E-state index in [-0.39, 0.29) is 29.5 Å². The van der Waals surface area contributed by atoms with Crippen molar-refractivity contribution in [2.45, 2.75) is 13.0 Å². The van der Waals surface area contributed by atoms with Crippen LogP contribution in [0.3, 0.4) is 0 Å². The van der Waals surface area contributed by atoms with E-state index >= 15 is 0 Å². The van der Waals surface area contributed by atoms with E-state index in [1.165, 1.54) is 12.3 Å². The molecule has 0 aliphatic heterocycles. The molecule has 3 aromatic rings. The van der Waals surface area contributed by atoms with E-state index < -0.39 is 24.4 Å². The highest BCUT2D eigenvalue weighted by Crippen LogP contribution is 2.30. The van der Waals surface area contributed by atoms with Crippen LogP contribution in [0.5, 0.6) is 0 Å². The minimum atomic E-state index is -0.768. The monoisotopic (exact) mass is 425 g/mol. The Hall–Kier alpha value is -3.65. The molecule has 1 aromatic heterocycles. The van der Waals surface area contributed by atoms with Crippen molar-refractivity contribution < 1.29 is 23.1 Å². The molecule has 0 saturated heterocycles. The number of benzene rings is 2. The molecule has 0 aliphatic carbocycles. The van der Waals surface area contributed by atoms with Gasteiger partial charge >= 0.3 is 5.97 Å². The number of ether oxygens (including phenoxy) is 1. The summed E-state index contributed by atoms with van der Waals surface area (Å²) in [5, 5.41) is 2.51. The Morgan fingerprint density at radius 1 is 1.16 bits per heavy atom. The lowest BCUT2D eigenvalue weighted by molar-refractivity contribution is 0.0481. The molecule has 0 saturated carbocycles. The Kier molecular flexibility index (Phi) is 7.04. The van der Waals surface area contributed by atoms with Gasteiger partial charge in [-0.05, 0) is 53.9 Å². The Bertz CT molecular complexity index is 1100. The highest BCUT2D eigenvalue weighted by Gasteiger charge is 2.16. The summed E-state index contributed by atoms with van der Waals surface area (Å²) >= 11 is 0. The van der Waals surface area contributed by atoms with Crippen molar-refractivity contribution in [3.63, 3.8) is 0 Å². The van der Waals surface area contributed by atoms with E-state index in [0.717, 1.165) is 11.8 Å². The zero-order chi connectivity index (χ0) is 22.4. The minimum Gasteiger partial charge on any atom is -0.459 e. The van der Waals surface area contributed by atoms with Gasteiger partial charge in [-0.1, -0.05) is 18.2 Å². The summed E-state index contributed by atoms with van der Waals surface area (Å²) in [6, 6.07) is 12.5. The second-order valence-corrected chi connectivity index (χ2v) is 6.81. The molecule has 1 atom stereocenters. The standard InChI is InChI=1S/C23H21F2N3O3/c1-14(26)18-6-5-16(22(29)28-21-7-9-27-13-20(21)25)12-19(18)15-3-2-4-17(11-15)23(30)31-10-8-24/h2-7,9,11-14H,8,10,26H2,1H3,(H,27,28,29). The molecule has 1 unspecified atom stereocenters. The van der Waals surface area contributed by atoms with Crippen molar-refractivity contribution in [3.05, 3.63) is 83.4 Å². The number of halogens is 2. The van der Waals surface area contributed by atoms with Gasteiger partial charge in [0.05, 0.1) is 17.4 Å². The summed E-state index contributed by atoms with van der Waals surface area (Å²) in [4.78, 5) is 28.4. The minimum absolute atomic E-state index is 0.00965. The van der Waals surface area contributed by atoms with E-state index in [1.54, 1.807) is 49.4 Å². The molecular formula is C23H21F2N3O3. The third-order valence-corrected chi connectivity index (χ3v) is 4.55. The largest absolute Gasteiger partial charge is 0.459 e. The quantitative estimate of drug-likeness (QED) is 0.551. The van der Waals surface area contributed by atoms with Crippen LogP contribution in [0.15, 0.2) is 60.9 Å². The van der Waals surface area contributed by atoms with Crippen molar-refractivity contribution in [1.29, 1.82) is 0 Å². The van der Waals surface area contributed by atoms with Crippen LogP contribution >= 0.6 is 0 Å². The van der Waals surface area contributed by atoms with Crippen molar-refractivity contribution in [3.8, 4) is 11.1 Å². The first-order chi connectivity index (χ1) is 14.9. The molecule has 2 aromatic carbocycles. The number of aromatic nitrogens is 1. The van der Waals surface area contributed by atoms with Crippen molar-refractivity contribution in [1.82, 2.24) is 4.98 Å². The fraction of sp³-hybridized carbons (Fsp3) is 0.174. The molecule has 3 N–H and O–H groups in total. The number of amides is 1. The summed E-state index contributed by atoms with van der Waals surface area (Å²) in [7, 11) is 0. The molecule has 8 heteroatoms. The summed E-state index contributed by atoms with van der Waals surface area (Å²) in [6.07, 6.45) is 2.38. The van der Waals surface area contributed by atoms with Crippen LogP contribution in [0.2, 0.25) is 0 Å². The van der Waals surface area contributed by atoms with Gasteiger partial charge in [-0.25, -0.2) is 13.6 Å². The van der Waals surface area contributed by atoms with Crippen LogP contribution < -0.4 is 11.1 Å². The van der Waals surface area contributed by atoms with E-state index in [2.05, 4.69) is 10.3 Å². The number of nitrogens with zero attached hydrogens (tertiary/aromatic N) is 1. The fourth-order valence-corrected chi connectivity index (χ4v) is 3.04. The SMILES string of the molecule is CC(N)c1ccc(C(=O)Nc2ccncc2F)cc1-c1cccc(C(=O)OCCF)c1. The molecule has 0 spiro atoms. The zero-order valence-corrected chi connectivity index (χ0v) is 16.8. The zero-order valence-electron chi connectivity index (χ0n) is 16.8. The second kappa shape index (κ2) is 9.90. The molecule has 3 rings (SSSR count). The topological polar surface area (TPSA) is 94.3 Å². The maximum absolute atomic E-state index is 13.8. The third-order valence-electron chi connectivity index (χ3n) is 4.55. The molecule has 0 aliphatic rings. The number of alkyl halides is 1. The second-order valence-electron chi connectivity index (χ2n) is 6.81. The average Bonchev–Trinajstić information content (AvgIpc) is 2.78. The maximum atomic E-state index is 13.8. The number of nitrogens with one attached hydrogen (secondary N) is 1. The number of rotatable bonds is 7. The van der Waals surface area contributed by atoms with Crippen molar-refractivity contribution in [2.24, 2.45) is 5.73 Å². The first-order valence-electron chi connectivity index (χ1n) is 9.54. The molecule has 0 bridgehead atoms. The highest BCUT2D eigenvalue weighted by atomic mass is 19.1. The fourth-order valence-electron chi connectivity index (χ4n) is 3.04. The third kappa shape index (κ3) is 5.29. The van der Waals surface area contributed by atoms with Crippen molar-refractivity contribution >= 4 is 17.6 Å². The first-order valence-corrected chi connectivity index (χ1v) is 9.54. The van der Waals surface area contributed by atoms with Gasteiger partial charge < -0.3 is 15.8 Å². The predicted octanol–water partition coefficient (Wildman–Crippen LogP) is 4.29. The predicted molar refractivity (Wildman–Crippen MR) is 113 cm³/mol. The van der Waals surface area contributed by atoms with E-state index in [0.29, 0.717) is 11.1 Å². The van der Waals surface area contributed by atoms with Gasteiger partial charge in [0.25, 0.3) is 5.91 Å². The van der Waals surface area contributed by atoms with Gasteiger partial charge in [-0.3, -0.25) is 9.78 Å². The van der Waals surface area contributed by atoms with Gasteiger partial charge in [0.2, 0.25) is 0 Å². The Morgan fingerprint density at radius 3 is 2.68 bits per heavy atom. The number of hydrogen-bond acceptors (Lipinski definition) is 5. The van der Waals surface area contributed by atoms with Gasteiger partial charge in [0.15, 0.2) is 5.82 Å². The Labute approximate surface area is 178 Å². The van der Waals surface area contributed by atoms with Gasteiger partial charge in [0, 0.05) is 17.8 Å². The number of carbonyl (C=O) groups is 2. The van der Waals surface area contributed by atoms with Gasteiger partial charge in [0.1, 0.15) is 13.3 Å². The first kappa shape index (κ1) is 22.0. The number of esters is 1.